The Bertz CT molecular complexity index is 1080. The Hall–Kier alpha value is -3.29. The highest BCUT2D eigenvalue weighted by Gasteiger charge is 2.08. The highest BCUT2D eigenvalue weighted by atomic mass is 16.2. The highest BCUT2D eigenvalue weighted by Crippen LogP contribution is 2.05. The van der Waals surface area contributed by atoms with Gasteiger partial charge in [-0.15, -0.1) is 0 Å². The van der Waals surface area contributed by atoms with E-state index in [0.29, 0.717) is 22.4 Å². The minimum Gasteiger partial charge on any atom is -0.349 e. The summed E-state index contributed by atoms with van der Waals surface area (Å²) in [6, 6.07) is 8.80. The van der Waals surface area contributed by atoms with Crippen molar-refractivity contribution in [2.24, 2.45) is 0 Å². The molecule has 0 spiro atoms. The molecule has 0 saturated heterocycles. The molecule has 0 aliphatic carbocycles. The van der Waals surface area contributed by atoms with Crippen LogP contribution in [0.3, 0.4) is 0 Å². The molecule has 0 bridgehead atoms. The second kappa shape index (κ2) is 7.30. The summed E-state index contributed by atoms with van der Waals surface area (Å²) in [5, 5.41) is 3.21. The van der Waals surface area contributed by atoms with Crippen molar-refractivity contribution in [1.29, 1.82) is 0 Å². The van der Waals surface area contributed by atoms with Crippen LogP contribution in [0.4, 0.5) is 0 Å². The first-order valence-electron chi connectivity index (χ1n) is 8.24. The van der Waals surface area contributed by atoms with E-state index in [0.717, 1.165) is 5.69 Å². The Labute approximate surface area is 148 Å². The van der Waals surface area contributed by atoms with Crippen molar-refractivity contribution in [2.75, 3.05) is 0 Å². The molecule has 0 saturated carbocycles. The number of rotatable bonds is 5. The van der Waals surface area contributed by atoms with Gasteiger partial charge in [0.25, 0.3) is 5.56 Å². The number of para-hydroxylation sites is 1. The molecule has 1 amide bonds. The zero-order chi connectivity index (χ0) is 18.7. The fourth-order valence-electron chi connectivity index (χ4n) is 2.75. The lowest BCUT2D eigenvalue weighted by Crippen LogP contribution is -2.30. The Balaban J connectivity index is 1.63. The van der Waals surface area contributed by atoms with E-state index in [4.69, 9.17) is 0 Å². The van der Waals surface area contributed by atoms with Gasteiger partial charge in [0, 0.05) is 24.4 Å². The standard InChI is InChI=1S/C18H19N5O3/c1-11-9-12(2)23(18(26)20-11)8-7-16(24)19-10-15-21-14-6-4-3-5-13(14)17(25)22-15/h3-6,9H,7-8,10H2,1-2H3,(H,19,24)(H,21,22,25). The van der Waals surface area contributed by atoms with Crippen molar-refractivity contribution < 1.29 is 4.79 Å². The third kappa shape index (κ3) is 3.85. The fourth-order valence-corrected chi connectivity index (χ4v) is 2.75. The molecular formula is C18H19N5O3. The molecule has 3 rings (SSSR count). The van der Waals surface area contributed by atoms with Gasteiger partial charge in [-0.3, -0.25) is 14.2 Å². The van der Waals surface area contributed by atoms with E-state index in [9.17, 15) is 14.4 Å². The maximum absolute atomic E-state index is 12.1. The number of aromatic amines is 1. The molecule has 8 nitrogen and oxygen atoms in total. The van der Waals surface area contributed by atoms with E-state index < -0.39 is 0 Å². The number of carbonyl (C=O) groups excluding carboxylic acids is 1. The van der Waals surface area contributed by atoms with Crippen LogP contribution in [0.15, 0.2) is 39.9 Å². The first-order valence-corrected chi connectivity index (χ1v) is 8.24. The van der Waals surface area contributed by atoms with Gasteiger partial charge in [-0.05, 0) is 32.0 Å². The molecule has 0 aliphatic heterocycles. The van der Waals surface area contributed by atoms with Crippen molar-refractivity contribution in [3.63, 3.8) is 0 Å². The molecule has 3 aromatic rings. The van der Waals surface area contributed by atoms with Gasteiger partial charge in [-0.2, -0.15) is 4.98 Å². The number of hydrogen-bond acceptors (Lipinski definition) is 5. The number of H-pyrrole nitrogens is 1. The van der Waals surface area contributed by atoms with Gasteiger partial charge >= 0.3 is 5.69 Å². The van der Waals surface area contributed by atoms with Crippen LogP contribution < -0.4 is 16.6 Å². The third-order valence-corrected chi connectivity index (χ3v) is 4.02. The minimum absolute atomic E-state index is 0.110. The number of aromatic nitrogens is 4. The normalized spacial score (nSPS) is 10.8. The number of carbonyl (C=O) groups is 1. The summed E-state index contributed by atoms with van der Waals surface area (Å²) in [6.45, 7) is 3.91. The molecule has 2 heterocycles. The molecule has 26 heavy (non-hydrogen) atoms. The number of aryl methyl sites for hydroxylation is 2. The lowest BCUT2D eigenvalue weighted by molar-refractivity contribution is -0.121. The van der Waals surface area contributed by atoms with Crippen LogP contribution in [0.2, 0.25) is 0 Å². The quantitative estimate of drug-likeness (QED) is 0.705. The molecule has 2 N–H and O–H groups in total. The zero-order valence-electron chi connectivity index (χ0n) is 14.6. The topological polar surface area (TPSA) is 110 Å². The number of amides is 1. The lowest BCUT2D eigenvalue weighted by atomic mass is 10.2. The van der Waals surface area contributed by atoms with E-state index in [2.05, 4.69) is 20.3 Å². The van der Waals surface area contributed by atoms with Gasteiger partial charge in [-0.25, -0.2) is 9.78 Å². The smallest absolute Gasteiger partial charge is 0.347 e. The number of benzene rings is 1. The van der Waals surface area contributed by atoms with Crippen molar-refractivity contribution in [3.8, 4) is 0 Å². The van der Waals surface area contributed by atoms with E-state index in [-0.39, 0.29) is 36.7 Å². The van der Waals surface area contributed by atoms with Crippen LogP contribution in [-0.2, 0) is 17.9 Å². The Morgan fingerprint density at radius 2 is 1.96 bits per heavy atom. The monoisotopic (exact) mass is 353 g/mol. The number of nitrogens with zero attached hydrogens (tertiary/aromatic N) is 3. The van der Waals surface area contributed by atoms with Gasteiger partial charge in [0.15, 0.2) is 0 Å². The molecule has 0 atom stereocenters. The molecule has 8 heteroatoms. The number of fused-ring (bicyclic) bond motifs is 1. The Morgan fingerprint density at radius 1 is 1.19 bits per heavy atom. The Kier molecular flexibility index (Phi) is 4.92. The van der Waals surface area contributed by atoms with Crippen LogP contribution in [-0.4, -0.2) is 25.4 Å². The molecule has 0 unspecified atom stereocenters. The van der Waals surface area contributed by atoms with Crippen LogP contribution in [0.1, 0.15) is 23.6 Å². The molecule has 0 fully saturated rings. The molecular weight excluding hydrogens is 334 g/mol. The van der Waals surface area contributed by atoms with Crippen molar-refractivity contribution in [2.45, 2.75) is 33.4 Å². The van der Waals surface area contributed by atoms with E-state index in [1.54, 1.807) is 44.2 Å². The summed E-state index contributed by atoms with van der Waals surface area (Å²) in [5.41, 5.74) is 1.38. The van der Waals surface area contributed by atoms with E-state index >= 15 is 0 Å². The van der Waals surface area contributed by atoms with E-state index in [1.165, 1.54) is 4.57 Å². The molecule has 0 aliphatic rings. The largest absolute Gasteiger partial charge is 0.349 e. The minimum atomic E-state index is -0.365. The van der Waals surface area contributed by atoms with Crippen LogP contribution >= 0.6 is 0 Å². The van der Waals surface area contributed by atoms with Gasteiger partial charge in [0.1, 0.15) is 5.82 Å². The maximum Gasteiger partial charge on any atom is 0.347 e. The number of nitrogens with one attached hydrogen (secondary N) is 2. The zero-order valence-corrected chi connectivity index (χ0v) is 14.6. The first kappa shape index (κ1) is 17.5. The summed E-state index contributed by atoms with van der Waals surface area (Å²) in [5.74, 6) is 0.139. The predicted molar refractivity (Wildman–Crippen MR) is 96.8 cm³/mol. The summed E-state index contributed by atoms with van der Waals surface area (Å²) in [4.78, 5) is 46.8. The second-order valence-electron chi connectivity index (χ2n) is 6.03. The predicted octanol–water partition coefficient (Wildman–Crippen LogP) is 0.803. The molecule has 2 aromatic heterocycles. The third-order valence-electron chi connectivity index (χ3n) is 4.02. The van der Waals surface area contributed by atoms with Crippen LogP contribution in [0, 0.1) is 13.8 Å². The van der Waals surface area contributed by atoms with Gasteiger partial charge in [0.2, 0.25) is 5.91 Å². The van der Waals surface area contributed by atoms with Crippen LogP contribution in [0.25, 0.3) is 10.9 Å². The summed E-state index contributed by atoms with van der Waals surface area (Å²) in [6.07, 6.45) is 0.128. The average Bonchev–Trinajstić information content (AvgIpc) is 2.59. The summed E-state index contributed by atoms with van der Waals surface area (Å²) < 4.78 is 1.46. The number of hydrogen-bond donors (Lipinski definition) is 2. The lowest BCUT2D eigenvalue weighted by Gasteiger charge is -2.10. The second-order valence-corrected chi connectivity index (χ2v) is 6.03. The molecule has 134 valence electrons. The first-order chi connectivity index (χ1) is 12.4. The molecule has 0 radical (unpaired) electrons. The summed E-state index contributed by atoms with van der Waals surface area (Å²) >= 11 is 0. The fraction of sp³-hybridized carbons (Fsp3) is 0.278. The van der Waals surface area contributed by atoms with E-state index in [1.807, 2.05) is 0 Å². The van der Waals surface area contributed by atoms with Crippen molar-refractivity contribution >= 4 is 16.8 Å². The average molecular weight is 353 g/mol. The summed E-state index contributed by atoms with van der Waals surface area (Å²) in [7, 11) is 0. The SMILES string of the molecule is Cc1cc(C)n(CCC(=O)NCc2nc3ccccc3c(=O)[nH]2)c(=O)n1. The molecule has 1 aromatic carbocycles. The van der Waals surface area contributed by atoms with Gasteiger partial charge < -0.3 is 10.3 Å². The Morgan fingerprint density at radius 3 is 2.73 bits per heavy atom. The van der Waals surface area contributed by atoms with Gasteiger partial charge in [-0.1, -0.05) is 12.1 Å². The highest BCUT2D eigenvalue weighted by molar-refractivity contribution is 5.77. The maximum atomic E-state index is 12.1. The van der Waals surface area contributed by atoms with Crippen molar-refractivity contribution in [3.05, 3.63) is 68.4 Å². The van der Waals surface area contributed by atoms with Crippen molar-refractivity contribution in [1.82, 2.24) is 24.8 Å². The van der Waals surface area contributed by atoms with Gasteiger partial charge in [0.05, 0.1) is 17.4 Å². The van der Waals surface area contributed by atoms with Crippen LogP contribution in [0.5, 0.6) is 0 Å².